The summed E-state index contributed by atoms with van der Waals surface area (Å²) in [5.74, 6) is 1.36. The van der Waals surface area contributed by atoms with Crippen molar-refractivity contribution in [2.24, 2.45) is 5.92 Å². The van der Waals surface area contributed by atoms with Crippen LogP contribution in [-0.4, -0.2) is 52.2 Å². The van der Waals surface area contributed by atoms with Gasteiger partial charge in [-0.15, -0.1) is 0 Å². The van der Waals surface area contributed by atoms with Crippen LogP contribution in [0.2, 0.25) is 0 Å². The first kappa shape index (κ1) is 16.5. The second-order valence-electron chi connectivity index (χ2n) is 5.84. The predicted octanol–water partition coefficient (Wildman–Crippen LogP) is 1.90. The lowest BCUT2D eigenvalue weighted by atomic mass is 10.0. The third kappa shape index (κ3) is 3.62. The van der Waals surface area contributed by atoms with Crippen molar-refractivity contribution in [3.8, 4) is 11.5 Å². The van der Waals surface area contributed by atoms with E-state index in [1.54, 1.807) is 22.5 Å². The maximum absolute atomic E-state index is 12.9. The quantitative estimate of drug-likeness (QED) is 0.818. The average Bonchev–Trinajstić information content (AvgIpc) is 2.59. The highest BCUT2D eigenvalue weighted by Gasteiger charge is 2.31. The molecule has 2 heterocycles. The van der Waals surface area contributed by atoms with Gasteiger partial charge in [0.1, 0.15) is 13.2 Å². The second-order valence-corrected chi connectivity index (χ2v) is 7.77. The van der Waals surface area contributed by atoms with Crippen LogP contribution in [0.15, 0.2) is 23.1 Å². The van der Waals surface area contributed by atoms with Crippen molar-refractivity contribution in [3.05, 3.63) is 18.2 Å². The molecule has 0 bridgehead atoms. The van der Waals surface area contributed by atoms with E-state index in [-0.39, 0.29) is 10.8 Å². The molecule has 3 rings (SSSR count). The Labute approximate surface area is 137 Å². The molecule has 0 aromatic heterocycles. The van der Waals surface area contributed by atoms with Crippen LogP contribution >= 0.6 is 0 Å². The van der Waals surface area contributed by atoms with Crippen molar-refractivity contribution in [1.82, 2.24) is 4.31 Å². The molecule has 0 saturated carbocycles. The summed E-state index contributed by atoms with van der Waals surface area (Å²) in [4.78, 5) is 0.263. The van der Waals surface area contributed by atoms with Crippen LogP contribution in [0.4, 0.5) is 0 Å². The fourth-order valence-electron chi connectivity index (χ4n) is 3.00. The third-order valence-electron chi connectivity index (χ3n) is 4.19. The number of nitrogens with zero attached hydrogens (tertiary/aromatic N) is 1. The van der Waals surface area contributed by atoms with Gasteiger partial charge in [-0.3, -0.25) is 0 Å². The van der Waals surface area contributed by atoms with E-state index in [0.29, 0.717) is 51.0 Å². The van der Waals surface area contributed by atoms with Crippen molar-refractivity contribution < 1.29 is 22.6 Å². The van der Waals surface area contributed by atoms with E-state index in [1.807, 2.05) is 6.92 Å². The van der Waals surface area contributed by atoms with Gasteiger partial charge in [0, 0.05) is 25.8 Å². The van der Waals surface area contributed by atoms with Gasteiger partial charge in [0.2, 0.25) is 10.0 Å². The lowest BCUT2D eigenvalue weighted by Crippen LogP contribution is -2.41. The van der Waals surface area contributed by atoms with E-state index in [9.17, 15) is 8.42 Å². The molecule has 2 aliphatic rings. The monoisotopic (exact) mass is 341 g/mol. The van der Waals surface area contributed by atoms with Gasteiger partial charge >= 0.3 is 0 Å². The third-order valence-corrected chi connectivity index (χ3v) is 6.05. The molecule has 23 heavy (non-hydrogen) atoms. The Hall–Kier alpha value is -1.31. The lowest BCUT2D eigenvalue weighted by molar-refractivity contribution is 0.0864. The van der Waals surface area contributed by atoms with Crippen LogP contribution in [0.3, 0.4) is 0 Å². The fourth-order valence-corrected chi connectivity index (χ4v) is 4.57. The molecule has 0 aliphatic carbocycles. The molecule has 1 atom stereocenters. The maximum atomic E-state index is 12.9. The number of benzene rings is 1. The number of hydrogen-bond acceptors (Lipinski definition) is 5. The molecule has 1 aromatic rings. The summed E-state index contributed by atoms with van der Waals surface area (Å²) in [7, 11) is -3.51. The maximum Gasteiger partial charge on any atom is 0.243 e. The Bertz CT molecular complexity index is 646. The number of piperidine rings is 1. The summed E-state index contributed by atoms with van der Waals surface area (Å²) in [5.41, 5.74) is 0. The van der Waals surface area contributed by atoms with Crippen LogP contribution in [0, 0.1) is 5.92 Å². The summed E-state index contributed by atoms with van der Waals surface area (Å²) >= 11 is 0. The van der Waals surface area contributed by atoms with Gasteiger partial charge in [0.25, 0.3) is 0 Å². The number of rotatable bonds is 5. The first-order chi connectivity index (χ1) is 11.1. The van der Waals surface area contributed by atoms with Crippen molar-refractivity contribution >= 4 is 10.0 Å². The first-order valence-corrected chi connectivity index (χ1v) is 9.53. The minimum Gasteiger partial charge on any atom is -0.486 e. The Morgan fingerprint density at radius 3 is 2.83 bits per heavy atom. The van der Waals surface area contributed by atoms with Gasteiger partial charge in [-0.25, -0.2) is 8.42 Å². The molecule has 6 nitrogen and oxygen atoms in total. The normalized spacial score (nSPS) is 22.0. The first-order valence-electron chi connectivity index (χ1n) is 8.09. The Morgan fingerprint density at radius 2 is 2.04 bits per heavy atom. The minimum absolute atomic E-state index is 0.260. The zero-order valence-corrected chi connectivity index (χ0v) is 14.2. The van der Waals surface area contributed by atoms with Crippen molar-refractivity contribution in [2.75, 3.05) is 39.5 Å². The second kappa shape index (κ2) is 7.07. The van der Waals surface area contributed by atoms with Gasteiger partial charge in [0.15, 0.2) is 11.5 Å². The smallest absolute Gasteiger partial charge is 0.243 e. The molecular weight excluding hydrogens is 318 g/mol. The van der Waals surface area contributed by atoms with E-state index in [1.165, 1.54) is 0 Å². The van der Waals surface area contributed by atoms with Crippen molar-refractivity contribution in [2.45, 2.75) is 24.7 Å². The average molecular weight is 341 g/mol. The molecule has 0 spiro atoms. The topological polar surface area (TPSA) is 65.1 Å². The van der Waals surface area contributed by atoms with Crippen LogP contribution in [0.1, 0.15) is 19.8 Å². The largest absolute Gasteiger partial charge is 0.486 e. The van der Waals surface area contributed by atoms with E-state index in [2.05, 4.69) is 0 Å². The molecule has 0 radical (unpaired) electrons. The molecular formula is C16H23NO5S. The number of ether oxygens (including phenoxy) is 3. The van der Waals surface area contributed by atoms with Crippen LogP contribution in [-0.2, 0) is 14.8 Å². The summed E-state index contributed by atoms with van der Waals surface area (Å²) in [6.07, 6.45) is 1.87. The van der Waals surface area contributed by atoms with E-state index in [4.69, 9.17) is 14.2 Å². The highest BCUT2D eigenvalue weighted by atomic mass is 32.2. The van der Waals surface area contributed by atoms with Gasteiger partial charge in [0.05, 0.1) is 11.5 Å². The number of hydrogen-bond donors (Lipinski definition) is 0. The van der Waals surface area contributed by atoms with Gasteiger partial charge in [-0.1, -0.05) is 0 Å². The minimum atomic E-state index is -3.51. The van der Waals surface area contributed by atoms with Crippen molar-refractivity contribution in [3.63, 3.8) is 0 Å². The highest BCUT2D eigenvalue weighted by molar-refractivity contribution is 7.89. The Morgan fingerprint density at radius 1 is 1.26 bits per heavy atom. The van der Waals surface area contributed by atoms with Gasteiger partial charge in [-0.2, -0.15) is 4.31 Å². The van der Waals surface area contributed by atoms with E-state index >= 15 is 0 Å². The van der Waals surface area contributed by atoms with Gasteiger partial charge in [-0.05, 0) is 37.8 Å². The molecule has 1 unspecified atom stereocenters. The summed E-state index contributed by atoms with van der Waals surface area (Å²) in [6.45, 7) is 5.22. The molecule has 1 saturated heterocycles. The molecule has 0 amide bonds. The molecule has 1 fully saturated rings. The van der Waals surface area contributed by atoms with Crippen LogP contribution < -0.4 is 9.47 Å². The van der Waals surface area contributed by atoms with Crippen molar-refractivity contribution in [1.29, 1.82) is 0 Å². The Kier molecular flexibility index (Phi) is 5.08. The summed E-state index contributed by atoms with van der Waals surface area (Å²) in [5, 5.41) is 0. The molecule has 128 valence electrons. The molecule has 1 aromatic carbocycles. The Balaban J connectivity index is 1.78. The lowest BCUT2D eigenvalue weighted by Gasteiger charge is -2.32. The summed E-state index contributed by atoms with van der Waals surface area (Å²) < 4.78 is 43.7. The number of sulfonamides is 1. The highest BCUT2D eigenvalue weighted by Crippen LogP contribution is 2.34. The van der Waals surface area contributed by atoms with E-state index < -0.39 is 10.0 Å². The summed E-state index contributed by atoms with van der Waals surface area (Å²) in [6, 6.07) is 4.83. The fraction of sp³-hybridized carbons (Fsp3) is 0.625. The molecule has 7 heteroatoms. The molecule has 2 aliphatic heterocycles. The standard InChI is InChI=1S/C16H23NO5S/c1-2-20-12-13-4-3-7-17(11-13)23(18,19)14-5-6-15-16(10-14)22-9-8-21-15/h5-6,10,13H,2-4,7-9,11-12H2,1H3. The predicted molar refractivity (Wildman–Crippen MR) is 85.4 cm³/mol. The molecule has 0 N–H and O–H groups in total. The van der Waals surface area contributed by atoms with Crippen LogP contribution in [0.25, 0.3) is 0 Å². The zero-order chi connectivity index (χ0) is 16.3. The SMILES string of the molecule is CCOCC1CCCN(S(=O)(=O)c2ccc3c(c2)OCCO3)C1. The van der Waals surface area contributed by atoms with E-state index in [0.717, 1.165) is 12.8 Å². The van der Waals surface area contributed by atoms with Gasteiger partial charge < -0.3 is 14.2 Å². The van der Waals surface area contributed by atoms with Crippen LogP contribution in [0.5, 0.6) is 11.5 Å². The number of fused-ring (bicyclic) bond motifs is 1. The zero-order valence-electron chi connectivity index (χ0n) is 13.4.